The smallest absolute Gasteiger partial charge is 0.313 e. The fraction of sp³-hybridized carbons (Fsp3) is 0.389. The Labute approximate surface area is 140 Å². The molecular weight excluding hydrogens is 306 g/mol. The van der Waals surface area contributed by atoms with Crippen LogP contribution in [-0.4, -0.2) is 24.3 Å². The van der Waals surface area contributed by atoms with Gasteiger partial charge in [0.1, 0.15) is 0 Å². The third-order valence-electron chi connectivity index (χ3n) is 4.39. The summed E-state index contributed by atoms with van der Waals surface area (Å²) in [5.74, 6) is -0.882. The zero-order valence-electron chi connectivity index (χ0n) is 13.4. The average Bonchev–Trinajstić information content (AvgIpc) is 2.60. The molecule has 0 spiro atoms. The van der Waals surface area contributed by atoms with Gasteiger partial charge in [-0.1, -0.05) is 12.2 Å². The molecule has 6 nitrogen and oxygen atoms in total. The first-order valence-electron chi connectivity index (χ1n) is 8.29. The molecule has 1 unspecified atom stereocenters. The van der Waals surface area contributed by atoms with Crippen molar-refractivity contribution in [2.24, 2.45) is 5.92 Å². The Balaban J connectivity index is 1.53. The number of nitrogens with one attached hydrogen (secondary N) is 3. The highest BCUT2D eigenvalue weighted by molar-refractivity contribution is 6.39. The number of fused-ring (bicyclic) bond motifs is 1. The van der Waals surface area contributed by atoms with Crippen LogP contribution in [0.25, 0.3) is 0 Å². The Hall–Kier alpha value is -2.63. The molecule has 3 amide bonds. The third kappa shape index (κ3) is 4.01. The standard InChI is InChI=1S/C18H21N3O3/c22-16-9-6-13-10-14(7-8-15(13)21-16)20-18(24)17(23)19-11-12-4-2-1-3-5-12/h1-2,7-8,10,12H,3-6,9,11H2,(H,19,23)(H,20,24)(H,21,22). The molecule has 1 aromatic rings. The summed E-state index contributed by atoms with van der Waals surface area (Å²) in [6.45, 7) is 0.521. The Morgan fingerprint density at radius 3 is 2.83 bits per heavy atom. The van der Waals surface area contributed by atoms with Crippen molar-refractivity contribution in [3.63, 3.8) is 0 Å². The molecule has 1 aromatic carbocycles. The lowest BCUT2D eigenvalue weighted by Crippen LogP contribution is -2.38. The SMILES string of the molecule is O=C1CCc2cc(NC(=O)C(=O)NCC3CC=CCC3)ccc2N1. The second kappa shape index (κ2) is 7.29. The molecular formula is C18H21N3O3. The molecule has 3 rings (SSSR count). The number of amides is 3. The quantitative estimate of drug-likeness (QED) is 0.586. The van der Waals surface area contributed by atoms with Crippen LogP contribution in [-0.2, 0) is 20.8 Å². The van der Waals surface area contributed by atoms with Crippen LogP contribution in [0.3, 0.4) is 0 Å². The van der Waals surface area contributed by atoms with Crippen molar-refractivity contribution < 1.29 is 14.4 Å². The van der Waals surface area contributed by atoms with Crippen molar-refractivity contribution in [1.29, 1.82) is 0 Å². The largest absolute Gasteiger partial charge is 0.348 e. The van der Waals surface area contributed by atoms with E-state index in [-0.39, 0.29) is 5.91 Å². The van der Waals surface area contributed by atoms with E-state index in [4.69, 9.17) is 0 Å². The van der Waals surface area contributed by atoms with Gasteiger partial charge in [0.2, 0.25) is 5.91 Å². The lowest BCUT2D eigenvalue weighted by atomic mass is 9.94. The lowest BCUT2D eigenvalue weighted by molar-refractivity contribution is -0.136. The van der Waals surface area contributed by atoms with E-state index in [0.29, 0.717) is 31.0 Å². The number of rotatable bonds is 3. The number of aryl methyl sites for hydroxylation is 1. The van der Waals surface area contributed by atoms with Gasteiger partial charge in [-0.15, -0.1) is 0 Å². The van der Waals surface area contributed by atoms with E-state index in [1.165, 1.54) is 0 Å². The lowest BCUT2D eigenvalue weighted by Gasteiger charge is -2.18. The zero-order valence-corrected chi connectivity index (χ0v) is 13.4. The molecule has 0 fully saturated rings. The summed E-state index contributed by atoms with van der Waals surface area (Å²) < 4.78 is 0. The molecule has 0 radical (unpaired) electrons. The summed E-state index contributed by atoms with van der Waals surface area (Å²) >= 11 is 0. The van der Waals surface area contributed by atoms with Crippen LogP contribution in [0.2, 0.25) is 0 Å². The monoisotopic (exact) mass is 327 g/mol. The summed E-state index contributed by atoms with van der Waals surface area (Å²) in [6, 6.07) is 5.22. The predicted octanol–water partition coefficient (Wildman–Crippen LogP) is 1.98. The van der Waals surface area contributed by atoms with E-state index in [1.54, 1.807) is 18.2 Å². The average molecular weight is 327 g/mol. The molecule has 2 aliphatic rings. The molecule has 0 bridgehead atoms. The number of benzene rings is 1. The number of allylic oxidation sites excluding steroid dienone is 2. The second-order valence-electron chi connectivity index (χ2n) is 6.23. The molecule has 1 aliphatic carbocycles. The van der Waals surface area contributed by atoms with Crippen LogP contribution in [0, 0.1) is 5.92 Å². The molecule has 0 saturated carbocycles. The van der Waals surface area contributed by atoms with Gasteiger partial charge in [0.15, 0.2) is 0 Å². The highest BCUT2D eigenvalue weighted by atomic mass is 16.2. The van der Waals surface area contributed by atoms with Crippen molar-refractivity contribution in [3.05, 3.63) is 35.9 Å². The van der Waals surface area contributed by atoms with Gasteiger partial charge in [0.25, 0.3) is 0 Å². The van der Waals surface area contributed by atoms with Crippen molar-refractivity contribution in [2.45, 2.75) is 32.1 Å². The molecule has 6 heteroatoms. The first kappa shape index (κ1) is 16.2. The van der Waals surface area contributed by atoms with Gasteiger partial charge in [0, 0.05) is 24.3 Å². The highest BCUT2D eigenvalue weighted by Gasteiger charge is 2.18. The van der Waals surface area contributed by atoms with Crippen LogP contribution >= 0.6 is 0 Å². The maximum Gasteiger partial charge on any atom is 0.313 e. The number of anilines is 2. The van der Waals surface area contributed by atoms with E-state index in [0.717, 1.165) is 30.5 Å². The third-order valence-corrected chi connectivity index (χ3v) is 4.39. The first-order chi connectivity index (χ1) is 11.6. The molecule has 0 aromatic heterocycles. The van der Waals surface area contributed by atoms with Gasteiger partial charge in [-0.05, 0) is 55.4 Å². The van der Waals surface area contributed by atoms with Crippen LogP contribution in [0.4, 0.5) is 11.4 Å². The summed E-state index contributed by atoms with van der Waals surface area (Å²) in [6.07, 6.45) is 8.33. The van der Waals surface area contributed by atoms with Crippen molar-refractivity contribution in [1.82, 2.24) is 5.32 Å². The fourth-order valence-corrected chi connectivity index (χ4v) is 3.01. The number of carbonyl (C=O) groups is 3. The Bertz CT molecular complexity index is 697. The Morgan fingerprint density at radius 2 is 2.04 bits per heavy atom. The van der Waals surface area contributed by atoms with Gasteiger partial charge in [0.05, 0.1) is 0 Å². The minimum absolute atomic E-state index is 0.00350. The highest BCUT2D eigenvalue weighted by Crippen LogP contribution is 2.25. The molecule has 0 saturated heterocycles. The minimum Gasteiger partial charge on any atom is -0.348 e. The van der Waals surface area contributed by atoms with Crippen molar-refractivity contribution in [3.8, 4) is 0 Å². The van der Waals surface area contributed by atoms with Gasteiger partial charge < -0.3 is 16.0 Å². The molecule has 24 heavy (non-hydrogen) atoms. The van der Waals surface area contributed by atoms with Crippen LogP contribution in [0.1, 0.15) is 31.2 Å². The molecule has 126 valence electrons. The van der Waals surface area contributed by atoms with Gasteiger partial charge in [-0.3, -0.25) is 14.4 Å². The zero-order chi connectivity index (χ0) is 16.9. The Kier molecular flexibility index (Phi) is 4.93. The number of hydrogen-bond donors (Lipinski definition) is 3. The van der Waals surface area contributed by atoms with E-state index >= 15 is 0 Å². The molecule has 1 atom stereocenters. The van der Waals surface area contributed by atoms with Crippen molar-refractivity contribution in [2.75, 3.05) is 17.2 Å². The fourth-order valence-electron chi connectivity index (χ4n) is 3.01. The van der Waals surface area contributed by atoms with Gasteiger partial charge in [-0.2, -0.15) is 0 Å². The van der Waals surface area contributed by atoms with Gasteiger partial charge >= 0.3 is 11.8 Å². The summed E-state index contributed by atoms with van der Waals surface area (Å²) in [5, 5.41) is 8.10. The van der Waals surface area contributed by atoms with E-state index < -0.39 is 11.8 Å². The second-order valence-corrected chi connectivity index (χ2v) is 6.23. The van der Waals surface area contributed by atoms with Gasteiger partial charge in [-0.25, -0.2) is 0 Å². The molecule has 3 N–H and O–H groups in total. The summed E-state index contributed by atoms with van der Waals surface area (Å²) in [4.78, 5) is 35.3. The maximum atomic E-state index is 12.0. The van der Waals surface area contributed by atoms with E-state index in [2.05, 4.69) is 28.1 Å². The predicted molar refractivity (Wildman–Crippen MR) is 91.5 cm³/mol. The van der Waals surface area contributed by atoms with E-state index in [9.17, 15) is 14.4 Å². The van der Waals surface area contributed by atoms with Crippen LogP contribution < -0.4 is 16.0 Å². The Morgan fingerprint density at radius 1 is 1.17 bits per heavy atom. The summed E-state index contributed by atoms with van der Waals surface area (Å²) in [7, 11) is 0. The first-order valence-corrected chi connectivity index (χ1v) is 8.29. The molecule has 1 aliphatic heterocycles. The van der Waals surface area contributed by atoms with Crippen LogP contribution in [0.5, 0.6) is 0 Å². The maximum absolute atomic E-state index is 12.0. The topological polar surface area (TPSA) is 87.3 Å². The number of hydrogen-bond acceptors (Lipinski definition) is 3. The van der Waals surface area contributed by atoms with E-state index in [1.807, 2.05) is 0 Å². The molecule has 1 heterocycles. The van der Waals surface area contributed by atoms with Crippen molar-refractivity contribution >= 4 is 29.1 Å². The normalized spacial score (nSPS) is 19.2. The van der Waals surface area contributed by atoms with Crippen LogP contribution in [0.15, 0.2) is 30.4 Å². The number of carbonyl (C=O) groups excluding carboxylic acids is 3. The minimum atomic E-state index is -0.666. The summed E-state index contributed by atoms with van der Waals surface area (Å²) in [5.41, 5.74) is 2.28.